The Morgan fingerprint density at radius 1 is 1.32 bits per heavy atom. The van der Waals surface area contributed by atoms with Gasteiger partial charge in [0.2, 0.25) is 0 Å². The molecule has 0 atom stereocenters. The molecule has 0 aliphatic rings. The van der Waals surface area contributed by atoms with Gasteiger partial charge in [0.05, 0.1) is 25.1 Å². The molecule has 2 aromatic rings. The summed E-state index contributed by atoms with van der Waals surface area (Å²) in [7, 11) is 1.52. The van der Waals surface area contributed by atoms with Crippen molar-refractivity contribution >= 4 is 11.6 Å². The summed E-state index contributed by atoms with van der Waals surface area (Å²) in [6, 6.07) is 7.03. The third-order valence-electron chi connectivity index (χ3n) is 2.49. The van der Waals surface area contributed by atoms with E-state index in [4.69, 9.17) is 9.84 Å². The minimum Gasteiger partial charge on any atom is -0.495 e. The molecule has 6 heteroatoms. The zero-order valence-electron chi connectivity index (χ0n) is 10.3. The fourth-order valence-electron chi connectivity index (χ4n) is 1.60. The third-order valence-corrected chi connectivity index (χ3v) is 2.49. The fraction of sp³-hybridized carbons (Fsp3) is 0.154. The van der Waals surface area contributed by atoms with Crippen LogP contribution in [-0.4, -0.2) is 28.1 Å². The van der Waals surface area contributed by atoms with E-state index in [1.807, 2.05) is 0 Å². The third kappa shape index (κ3) is 2.86. The summed E-state index contributed by atoms with van der Waals surface area (Å²) in [6.07, 6.45) is 2.82. The first-order valence-electron chi connectivity index (χ1n) is 5.61. The van der Waals surface area contributed by atoms with Crippen LogP contribution >= 0.6 is 0 Å². The Hall–Kier alpha value is -2.47. The number of methoxy groups -OCH3 is 1. The van der Waals surface area contributed by atoms with E-state index in [9.17, 15) is 4.79 Å². The molecule has 6 nitrogen and oxygen atoms in total. The van der Waals surface area contributed by atoms with Gasteiger partial charge in [0, 0.05) is 12.4 Å². The van der Waals surface area contributed by atoms with Gasteiger partial charge in [-0.25, -0.2) is 4.98 Å². The average Bonchev–Trinajstić information content (AvgIpc) is 2.47. The summed E-state index contributed by atoms with van der Waals surface area (Å²) in [5.74, 6) is 0.104. The van der Waals surface area contributed by atoms with Gasteiger partial charge in [-0.1, -0.05) is 12.1 Å². The minimum absolute atomic E-state index is 0.0934. The van der Waals surface area contributed by atoms with Crippen molar-refractivity contribution < 1.29 is 14.6 Å². The number of anilines is 1. The van der Waals surface area contributed by atoms with Gasteiger partial charge in [-0.2, -0.15) is 0 Å². The van der Waals surface area contributed by atoms with E-state index in [1.54, 1.807) is 24.3 Å². The van der Waals surface area contributed by atoms with Crippen molar-refractivity contribution in [1.82, 2.24) is 9.97 Å². The van der Waals surface area contributed by atoms with Gasteiger partial charge in [-0.15, -0.1) is 0 Å². The molecule has 0 saturated carbocycles. The average molecular weight is 259 g/mol. The molecule has 1 aromatic heterocycles. The second-order valence-electron chi connectivity index (χ2n) is 3.66. The Bertz CT molecular complexity index is 587. The van der Waals surface area contributed by atoms with E-state index in [2.05, 4.69) is 15.3 Å². The Morgan fingerprint density at radius 3 is 2.79 bits per heavy atom. The maximum Gasteiger partial charge on any atom is 0.276 e. The van der Waals surface area contributed by atoms with E-state index in [-0.39, 0.29) is 18.0 Å². The monoisotopic (exact) mass is 259 g/mol. The lowest BCUT2D eigenvalue weighted by molar-refractivity contribution is 0.101. The molecule has 0 fully saturated rings. The Kier molecular flexibility index (Phi) is 4.04. The van der Waals surface area contributed by atoms with E-state index >= 15 is 0 Å². The highest BCUT2D eigenvalue weighted by Gasteiger charge is 2.15. The Labute approximate surface area is 110 Å². The van der Waals surface area contributed by atoms with Gasteiger partial charge in [-0.05, 0) is 12.1 Å². The highest BCUT2D eigenvalue weighted by atomic mass is 16.5. The maximum atomic E-state index is 12.1. The van der Waals surface area contributed by atoms with Crippen LogP contribution in [0.25, 0.3) is 0 Å². The second kappa shape index (κ2) is 5.92. The largest absolute Gasteiger partial charge is 0.495 e. The zero-order chi connectivity index (χ0) is 13.7. The number of nitrogens with zero attached hydrogens (tertiary/aromatic N) is 2. The molecule has 0 bridgehead atoms. The molecular formula is C13H13N3O3. The van der Waals surface area contributed by atoms with Crippen LogP contribution in [0.15, 0.2) is 36.7 Å². The normalized spacial score (nSPS) is 10.0. The van der Waals surface area contributed by atoms with Gasteiger partial charge in [0.25, 0.3) is 5.91 Å². The van der Waals surface area contributed by atoms with Crippen LogP contribution in [0.1, 0.15) is 16.2 Å². The lowest BCUT2D eigenvalue weighted by Crippen LogP contribution is -2.17. The van der Waals surface area contributed by atoms with Crippen LogP contribution in [0.4, 0.5) is 5.69 Å². The molecule has 19 heavy (non-hydrogen) atoms. The molecule has 0 saturated heterocycles. The zero-order valence-corrected chi connectivity index (χ0v) is 10.3. The van der Waals surface area contributed by atoms with Gasteiger partial charge in [0.15, 0.2) is 5.69 Å². The van der Waals surface area contributed by atoms with E-state index in [1.165, 1.54) is 19.5 Å². The van der Waals surface area contributed by atoms with Crippen LogP contribution in [0.3, 0.4) is 0 Å². The number of amides is 1. The summed E-state index contributed by atoms with van der Waals surface area (Å²) in [5, 5.41) is 11.8. The number of aliphatic hydroxyl groups is 1. The summed E-state index contributed by atoms with van der Waals surface area (Å²) >= 11 is 0. The molecule has 2 N–H and O–H groups in total. The Balaban J connectivity index is 2.26. The number of carbonyl (C=O) groups is 1. The van der Waals surface area contributed by atoms with Crippen molar-refractivity contribution in [2.45, 2.75) is 6.61 Å². The van der Waals surface area contributed by atoms with Crippen LogP contribution in [0, 0.1) is 0 Å². The first kappa shape index (κ1) is 13.0. The summed E-state index contributed by atoms with van der Waals surface area (Å²) in [4.78, 5) is 19.9. The molecule has 0 aliphatic heterocycles. The number of aromatic nitrogens is 2. The smallest absolute Gasteiger partial charge is 0.276 e. The molecule has 2 rings (SSSR count). The van der Waals surface area contributed by atoms with Crippen molar-refractivity contribution in [2.24, 2.45) is 0 Å². The predicted octanol–water partition coefficient (Wildman–Crippen LogP) is 1.23. The van der Waals surface area contributed by atoms with Crippen molar-refractivity contribution in [2.75, 3.05) is 12.4 Å². The number of hydrogen-bond acceptors (Lipinski definition) is 5. The number of rotatable bonds is 4. The topological polar surface area (TPSA) is 84.3 Å². The lowest BCUT2D eigenvalue weighted by Gasteiger charge is -2.10. The molecular weight excluding hydrogens is 246 g/mol. The van der Waals surface area contributed by atoms with Crippen LogP contribution in [0.5, 0.6) is 5.75 Å². The number of para-hydroxylation sites is 2. The van der Waals surface area contributed by atoms with Crippen LogP contribution in [0.2, 0.25) is 0 Å². The first-order valence-corrected chi connectivity index (χ1v) is 5.61. The number of ether oxygens (including phenoxy) is 1. The molecule has 1 heterocycles. The number of benzene rings is 1. The van der Waals surface area contributed by atoms with Crippen molar-refractivity contribution in [3.63, 3.8) is 0 Å². The number of hydrogen-bond donors (Lipinski definition) is 2. The Morgan fingerprint density at radius 2 is 2.05 bits per heavy atom. The fourth-order valence-corrected chi connectivity index (χ4v) is 1.60. The SMILES string of the molecule is COc1ccccc1NC(=O)c1nccnc1CO. The molecule has 1 amide bonds. The molecule has 0 radical (unpaired) electrons. The van der Waals surface area contributed by atoms with Gasteiger partial charge in [0.1, 0.15) is 5.75 Å². The summed E-state index contributed by atoms with van der Waals surface area (Å²) < 4.78 is 5.14. The second-order valence-corrected chi connectivity index (χ2v) is 3.66. The van der Waals surface area contributed by atoms with Crippen LogP contribution < -0.4 is 10.1 Å². The minimum atomic E-state index is -0.443. The number of nitrogens with one attached hydrogen (secondary N) is 1. The van der Waals surface area contributed by atoms with Crippen molar-refractivity contribution in [1.29, 1.82) is 0 Å². The summed E-state index contributed by atoms with van der Waals surface area (Å²) in [5.41, 5.74) is 0.857. The number of carbonyl (C=O) groups excluding carboxylic acids is 1. The van der Waals surface area contributed by atoms with E-state index < -0.39 is 5.91 Å². The van der Waals surface area contributed by atoms with Crippen molar-refractivity contribution in [3.05, 3.63) is 48.0 Å². The standard InChI is InChI=1S/C13H13N3O3/c1-19-11-5-3-2-4-9(11)16-13(18)12-10(8-17)14-6-7-15-12/h2-7,17H,8H2,1H3,(H,16,18). The highest BCUT2D eigenvalue weighted by molar-refractivity contribution is 6.04. The quantitative estimate of drug-likeness (QED) is 0.862. The van der Waals surface area contributed by atoms with Gasteiger partial charge in [-0.3, -0.25) is 9.78 Å². The van der Waals surface area contributed by atoms with E-state index in [0.29, 0.717) is 11.4 Å². The predicted molar refractivity (Wildman–Crippen MR) is 68.9 cm³/mol. The van der Waals surface area contributed by atoms with E-state index in [0.717, 1.165) is 0 Å². The molecule has 0 aliphatic carbocycles. The maximum absolute atomic E-state index is 12.1. The number of aliphatic hydroxyl groups excluding tert-OH is 1. The van der Waals surface area contributed by atoms with Gasteiger partial charge >= 0.3 is 0 Å². The molecule has 98 valence electrons. The molecule has 1 aromatic carbocycles. The molecule has 0 unspecified atom stereocenters. The van der Waals surface area contributed by atoms with Crippen molar-refractivity contribution in [3.8, 4) is 5.75 Å². The lowest BCUT2D eigenvalue weighted by atomic mass is 10.2. The van der Waals surface area contributed by atoms with Crippen LogP contribution in [-0.2, 0) is 6.61 Å². The molecule has 0 spiro atoms. The first-order chi connectivity index (χ1) is 9.26. The summed E-state index contributed by atoms with van der Waals surface area (Å²) in [6.45, 7) is -0.345. The highest BCUT2D eigenvalue weighted by Crippen LogP contribution is 2.23. The van der Waals surface area contributed by atoms with Gasteiger partial charge < -0.3 is 15.2 Å².